The van der Waals surface area contributed by atoms with Gasteiger partial charge in [-0.2, -0.15) is 4.90 Å². The molecule has 6 heteroatoms. The molecule has 1 saturated heterocycles. The standard InChI is InChI=1S/C7H9N2O4/c1-2-3-4-5(10)9(7(12)13)6(11)8-4/h4H,1-3H2,(H,8,11)(H,12,13). The fourth-order valence-electron chi connectivity index (χ4n) is 1.11. The predicted octanol–water partition coefficient (Wildman–Crippen LogP) is 0.199. The maximum absolute atomic E-state index is 11.2. The Balaban J connectivity index is 2.75. The number of rotatable bonds is 2. The minimum atomic E-state index is -1.55. The topological polar surface area (TPSA) is 86.7 Å². The maximum Gasteiger partial charge on any atom is 0.422 e. The Labute approximate surface area is 74.5 Å². The van der Waals surface area contributed by atoms with E-state index in [0.29, 0.717) is 12.8 Å². The van der Waals surface area contributed by atoms with Crippen molar-refractivity contribution in [2.75, 3.05) is 0 Å². The third kappa shape index (κ3) is 1.61. The first kappa shape index (κ1) is 9.50. The Kier molecular flexibility index (Phi) is 2.50. The van der Waals surface area contributed by atoms with Crippen molar-refractivity contribution in [1.82, 2.24) is 10.2 Å². The van der Waals surface area contributed by atoms with E-state index < -0.39 is 24.1 Å². The molecular weight excluding hydrogens is 176 g/mol. The molecule has 0 aliphatic carbocycles. The molecule has 1 unspecified atom stereocenters. The van der Waals surface area contributed by atoms with Crippen molar-refractivity contribution in [2.45, 2.75) is 18.9 Å². The summed E-state index contributed by atoms with van der Waals surface area (Å²) in [7, 11) is 0. The summed E-state index contributed by atoms with van der Waals surface area (Å²) >= 11 is 0. The Morgan fingerprint density at radius 2 is 2.23 bits per heavy atom. The van der Waals surface area contributed by atoms with E-state index in [4.69, 9.17) is 5.11 Å². The first-order valence-corrected chi connectivity index (χ1v) is 3.74. The molecule has 71 valence electrons. The van der Waals surface area contributed by atoms with Gasteiger partial charge in [-0.3, -0.25) is 4.79 Å². The van der Waals surface area contributed by atoms with Crippen molar-refractivity contribution in [3.05, 3.63) is 6.92 Å². The number of nitrogens with one attached hydrogen (secondary N) is 1. The molecule has 0 saturated carbocycles. The smallest absolute Gasteiger partial charge is 0.422 e. The zero-order valence-electron chi connectivity index (χ0n) is 6.82. The number of carbonyl (C=O) groups is 3. The molecule has 0 spiro atoms. The Hall–Kier alpha value is -1.59. The summed E-state index contributed by atoms with van der Waals surface area (Å²) in [5, 5.41) is 10.7. The molecule has 2 N–H and O–H groups in total. The van der Waals surface area contributed by atoms with Gasteiger partial charge >= 0.3 is 12.1 Å². The van der Waals surface area contributed by atoms with Gasteiger partial charge in [0, 0.05) is 0 Å². The van der Waals surface area contributed by atoms with Gasteiger partial charge in [0.2, 0.25) is 0 Å². The van der Waals surface area contributed by atoms with Crippen LogP contribution < -0.4 is 5.32 Å². The molecule has 1 aliphatic heterocycles. The van der Waals surface area contributed by atoms with Crippen LogP contribution >= 0.6 is 0 Å². The minimum Gasteiger partial charge on any atom is -0.464 e. The first-order valence-electron chi connectivity index (χ1n) is 3.74. The fraction of sp³-hybridized carbons (Fsp3) is 0.429. The van der Waals surface area contributed by atoms with E-state index in [2.05, 4.69) is 12.2 Å². The Bertz CT molecular complexity index is 263. The summed E-state index contributed by atoms with van der Waals surface area (Å²) in [5.41, 5.74) is 0. The van der Waals surface area contributed by atoms with Gasteiger partial charge < -0.3 is 10.4 Å². The van der Waals surface area contributed by atoms with Crippen molar-refractivity contribution in [2.24, 2.45) is 0 Å². The van der Waals surface area contributed by atoms with Crippen LogP contribution in [0.5, 0.6) is 0 Å². The second kappa shape index (κ2) is 3.42. The molecule has 13 heavy (non-hydrogen) atoms. The number of nitrogens with zero attached hydrogens (tertiary/aromatic N) is 1. The summed E-state index contributed by atoms with van der Waals surface area (Å²) in [6.07, 6.45) is -0.729. The molecule has 1 aliphatic rings. The lowest BCUT2D eigenvalue weighted by molar-refractivity contribution is -0.126. The van der Waals surface area contributed by atoms with Crippen LogP contribution in [0.1, 0.15) is 12.8 Å². The van der Waals surface area contributed by atoms with Gasteiger partial charge in [0.25, 0.3) is 5.91 Å². The van der Waals surface area contributed by atoms with Gasteiger partial charge in [0.15, 0.2) is 0 Å². The molecule has 1 rings (SSSR count). The maximum atomic E-state index is 11.2. The van der Waals surface area contributed by atoms with E-state index in [1.54, 1.807) is 0 Å². The Morgan fingerprint density at radius 3 is 2.62 bits per heavy atom. The zero-order chi connectivity index (χ0) is 10.0. The fourth-order valence-corrected chi connectivity index (χ4v) is 1.11. The van der Waals surface area contributed by atoms with Crippen LogP contribution in [0.25, 0.3) is 0 Å². The number of hydrogen-bond donors (Lipinski definition) is 2. The molecule has 0 aromatic heterocycles. The molecular formula is C7H9N2O4. The number of carboxylic acid groups (broad SMARTS) is 1. The van der Waals surface area contributed by atoms with E-state index in [1.807, 2.05) is 0 Å². The van der Waals surface area contributed by atoms with Crippen molar-refractivity contribution in [3.63, 3.8) is 0 Å². The van der Waals surface area contributed by atoms with Crippen molar-refractivity contribution in [1.29, 1.82) is 0 Å². The highest BCUT2D eigenvalue weighted by Crippen LogP contribution is 2.10. The van der Waals surface area contributed by atoms with Crippen LogP contribution in [0, 0.1) is 6.92 Å². The predicted molar refractivity (Wildman–Crippen MR) is 41.8 cm³/mol. The summed E-state index contributed by atoms with van der Waals surface area (Å²) in [6.45, 7) is 3.51. The summed E-state index contributed by atoms with van der Waals surface area (Å²) in [5.74, 6) is -0.721. The largest absolute Gasteiger partial charge is 0.464 e. The second-order valence-corrected chi connectivity index (χ2v) is 2.60. The van der Waals surface area contributed by atoms with E-state index in [0.717, 1.165) is 0 Å². The normalized spacial score (nSPS) is 21.9. The number of amides is 4. The van der Waals surface area contributed by atoms with E-state index in [-0.39, 0.29) is 4.90 Å². The third-order valence-corrected chi connectivity index (χ3v) is 1.70. The van der Waals surface area contributed by atoms with Gasteiger partial charge in [0.1, 0.15) is 6.04 Å². The number of carbonyl (C=O) groups excluding carboxylic acids is 2. The second-order valence-electron chi connectivity index (χ2n) is 2.60. The third-order valence-electron chi connectivity index (χ3n) is 1.70. The Morgan fingerprint density at radius 1 is 1.62 bits per heavy atom. The summed E-state index contributed by atoms with van der Waals surface area (Å²) < 4.78 is 0. The van der Waals surface area contributed by atoms with Crippen LogP contribution in [0.4, 0.5) is 9.59 Å². The number of urea groups is 1. The highest BCUT2D eigenvalue weighted by Gasteiger charge is 2.41. The molecule has 1 atom stereocenters. The van der Waals surface area contributed by atoms with Crippen LogP contribution in [-0.2, 0) is 4.79 Å². The average molecular weight is 185 g/mol. The zero-order valence-corrected chi connectivity index (χ0v) is 6.82. The van der Waals surface area contributed by atoms with Crippen LogP contribution in [-0.4, -0.2) is 34.1 Å². The first-order chi connectivity index (χ1) is 6.07. The molecule has 0 aromatic carbocycles. The minimum absolute atomic E-state index is 0.181. The average Bonchev–Trinajstić information content (AvgIpc) is 2.28. The molecule has 4 amide bonds. The van der Waals surface area contributed by atoms with Gasteiger partial charge in [-0.05, 0) is 6.42 Å². The van der Waals surface area contributed by atoms with E-state index in [9.17, 15) is 14.4 Å². The van der Waals surface area contributed by atoms with Gasteiger partial charge in [-0.15, -0.1) is 0 Å². The highest BCUT2D eigenvalue weighted by molar-refractivity contribution is 6.14. The molecule has 0 aromatic rings. The molecule has 6 nitrogen and oxygen atoms in total. The van der Waals surface area contributed by atoms with Gasteiger partial charge in [-0.1, -0.05) is 13.3 Å². The number of hydrogen-bond acceptors (Lipinski definition) is 3. The van der Waals surface area contributed by atoms with Crippen LogP contribution in [0.15, 0.2) is 0 Å². The van der Waals surface area contributed by atoms with Crippen LogP contribution in [0.2, 0.25) is 0 Å². The van der Waals surface area contributed by atoms with Crippen molar-refractivity contribution in [3.8, 4) is 0 Å². The van der Waals surface area contributed by atoms with Crippen molar-refractivity contribution >= 4 is 18.0 Å². The van der Waals surface area contributed by atoms with E-state index in [1.165, 1.54) is 0 Å². The molecule has 1 fully saturated rings. The van der Waals surface area contributed by atoms with Gasteiger partial charge in [-0.25, -0.2) is 9.59 Å². The lowest BCUT2D eigenvalue weighted by Crippen LogP contribution is -2.36. The SMILES string of the molecule is [CH2]CCC1NC(=O)N(C(=O)O)C1=O. The summed E-state index contributed by atoms with van der Waals surface area (Å²) in [4.78, 5) is 32.7. The molecule has 1 radical (unpaired) electrons. The highest BCUT2D eigenvalue weighted by atomic mass is 16.4. The number of imide groups is 3. The van der Waals surface area contributed by atoms with Crippen molar-refractivity contribution < 1.29 is 19.5 Å². The van der Waals surface area contributed by atoms with Gasteiger partial charge in [0.05, 0.1) is 0 Å². The lowest BCUT2D eigenvalue weighted by atomic mass is 10.2. The monoisotopic (exact) mass is 185 g/mol. The molecule has 0 bridgehead atoms. The molecule has 1 heterocycles. The van der Waals surface area contributed by atoms with Crippen LogP contribution in [0.3, 0.4) is 0 Å². The van der Waals surface area contributed by atoms with E-state index >= 15 is 0 Å². The lowest BCUT2D eigenvalue weighted by Gasteiger charge is -2.05. The summed E-state index contributed by atoms with van der Waals surface area (Å²) in [6, 6.07) is -1.61. The quantitative estimate of drug-likeness (QED) is 0.601.